The summed E-state index contributed by atoms with van der Waals surface area (Å²) in [6.07, 6.45) is 0. The molecule has 0 radical (unpaired) electrons. The lowest BCUT2D eigenvalue weighted by atomic mass is 10.1. The molecule has 6 nitrogen and oxygen atoms in total. The topological polar surface area (TPSA) is 52.9 Å². The van der Waals surface area contributed by atoms with Crippen LogP contribution >= 0.6 is 0 Å². The van der Waals surface area contributed by atoms with Crippen molar-refractivity contribution in [3.05, 3.63) is 170 Å². The fourth-order valence-corrected chi connectivity index (χ4v) is 7.07. The quantitative estimate of drug-likeness (QED) is 0.191. The lowest BCUT2D eigenvalue weighted by molar-refractivity contribution is 1.09. The summed E-state index contributed by atoms with van der Waals surface area (Å²) in [5.41, 5.74) is 12.2. The SMILES string of the molecule is c1ccc(-c2cc(-c3ccccc3)nc(-c3cccc(-n4c5ccccc5c5c4nc4n(-c6ccccc6)c6ccccc6n54)c3)n2)cc1. The van der Waals surface area contributed by atoms with Gasteiger partial charge in [0, 0.05) is 33.5 Å². The van der Waals surface area contributed by atoms with Gasteiger partial charge in [0.25, 0.3) is 0 Å². The van der Waals surface area contributed by atoms with Crippen LogP contribution in [0, 0.1) is 0 Å². The molecule has 10 rings (SSSR count). The molecular weight excluding hydrogens is 601 g/mol. The Bertz CT molecular complexity index is 2750. The monoisotopic (exact) mass is 628 g/mol. The van der Waals surface area contributed by atoms with E-state index in [0.29, 0.717) is 5.82 Å². The van der Waals surface area contributed by atoms with E-state index in [-0.39, 0.29) is 0 Å². The van der Waals surface area contributed by atoms with Gasteiger partial charge in [-0.25, -0.2) is 9.97 Å². The number of imidazole rings is 2. The van der Waals surface area contributed by atoms with Gasteiger partial charge in [-0.3, -0.25) is 13.5 Å². The van der Waals surface area contributed by atoms with Crippen molar-refractivity contribution in [2.75, 3.05) is 0 Å². The van der Waals surface area contributed by atoms with Crippen LogP contribution in [-0.4, -0.2) is 28.5 Å². The van der Waals surface area contributed by atoms with E-state index in [9.17, 15) is 0 Å². The summed E-state index contributed by atoms with van der Waals surface area (Å²) in [6.45, 7) is 0. The lowest BCUT2D eigenvalue weighted by Gasteiger charge is -2.11. The Morgan fingerprint density at radius 3 is 1.63 bits per heavy atom. The third-order valence-corrected chi connectivity index (χ3v) is 9.26. The molecule has 230 valence electrons. The minimum atomic E-state index is 0.672. The molecule has 49 heavy (non-hydrogen) atoms. The van der Waals surface area contributed by atoms with Crippen LogP contribution in [-0.2, 0) is 0 Å². The van der Waals surface area contributed by atoms with Gasteiger partial charge in [-0.2, -0.15) is 4.98 Å². The van der Waals surface area contributed by atoms with E-state index in [2.05, 4.69) is 141 Å². The van der Waals surface area contributed by atoms with Crippen molar-refractivity contribution in [1.82, 2.24) is 28.5 Å². The molecule has 4 aromatic heterocycles. The molecule has 0 aliphatic carbocycles. The fourth-order valence-electron chi connectivity index (χ4n) is 7.07. The van der Waals surface area contributed by atoms with E-state index < -0.39 is 0 Å². The largest absolute Gasteiger partial charge is 0.292 e. The van der Waals surface area contributed by atoms with Crippen molar-refractivity contribution in [1.29, 1.82) is 0 Å². The minimum absolute atomic E-state index is 0.672. The van der Waals surface area contributed by atoms with Crippen LogP contribution in [0.4, 0.5) is 0 Å². The summed E-state index contributed by atoms with van der Waals surface area (Å²) in [7, 11) is 0. The number of hydrogen-bond donors (Lipinski definition) is 0. The van der Waals surface area contributed by atoms with Crippen LogP contribution < -0.4 is 0 Å². The van der Waals surface area contributed by atoms with Crippen molar-refractivity contribution in [2.45, 2.75) is 0 Å². The summed E-state index contributed by atoms with van der Waals surface area (Å²) in [5, 5.41) is 1.14. The van der Waals surface area contributed by atoms with Gasteiger partial charge in [-0.1, -0.05) is 121 Å². The van der Waals surface area contributed by atoms with Crippen LogP contribution in [0.2, 0.25) is 0 Å². The summed E-state index contributed by atoms with van der Waals surface area (Å²) < 4.78 is 6.82. The number of para-hydroxylation sites is 4. The third-order valence-electron chi connectivity index (χ3n) is 9.26. The Hall–Kier alpha value is -6.79. The van der Waals surface area contributed by atoms with Gasteiger partial charge in [0.05, 0.1) is 27.9 Å². The Labute approximate surface area is 281 Å². The first-order valence-electron chi connectivity index (χ1n) is 16.4. The number of nitrogens with zero attached hydrogens (tertiary/aromatic N) is 6. The predicted octanol–water partition coefficient (Wildman–Crippen LogP) is 10.2. The van der Waals surface area contributed by atoms with Crippen LogP contribution in [0.5, 0.6) is 0 Å². The minimum Gasteiger partial charge on any atom is -0.292 e. The molecule has 0 aliphatic rings. The molecule has 0 amide bonds. The van der Waals surface area contributed by atoms with Gasteiger partial charge in [0.2, 0.25) is 5.78 Å². The summed E-state index contributed by atoms with van der Waals surface area (Å²) in [4.78, 5) is 15.6. The summed E-state index contributed by atoms with van der Waals surface area (Å²) in [6, 6.07) is 58.7. The third kappa shape index (κ3) is 4.31. The molecule has 10 aromatic rings. The molecule has 6 aromatic carbocycles. The Morgan fingerprint density at radius 2 is 0.939 bits per heavy atom. The molecule has 0 N–H and O–H groups in total. The number of rotatable bonds is 5. The molecule has 0 unspecified atom stereocenters. The smallest absolute Gasteiger partial charge is 0.222 e. The molecular formula is C43H28N6. The highest BCUT2D eigenvalue weighted by Crippen LogP contribution is 2.37. The molecule has 0 saturated heterocycles. The molecule has 6 heteroatoms. The first-order chi connectivity index (χ1) is 24.3. The van der Waals surface area contributed by atoms with Crippen LogP contribution in [0.25, 0.3) is 84.2 Å². The Balaban J connectivity index is 1.22. The summed E-state index contributed by atoms with van der Waals surface area (Å²) in [5.74, 6) is 1.55. The van der Waals surface area contributed by atoms with Gasteiger partial charge in [-0.15, -0.1) is 0 Å². The Kier molecular flexibility index (Phi) is 6.08. The first kappa shape index (κ1) is 27.3. The molecule has 0 atom stereocenters. The second-order valence-corrected chi connectivity index (χ2v) is 12.2. The standard InChI is InChI=1S/C43H28N6/c1-4-15-29(16-5-1)35-28-36(30-17-6-2-7-18-30)45-41(44-35)31-19-14-22-33(27-31)47-37-24-11-10-23-34(37)40-42(47)46-43-48(32-20-8-3-9-21-32)38-25-12-13-26-39(38)49(40)43/h1-28H. The van der Waals surface area contributed by atoms with Crippen LogP contribution in [0.15, 0.2) is 170 Å². The van der Waals surface area contributed by atoms with Gasteiger partial charge in [0.15, 0.2) is 11.5 Å². The van der Waals surface area contributed by atoms with Crippen LogP contribution in [0.1, 0.15) is 0 Å². The van der Waals surface area contributed by atoms with E-state index in [1.165, 1.54) is 0 Å². The van der Waals surface area contributed by atoms with Gasteiger partial charge in [-0.05, 0) is 48.5 Å². The van der Waals surface area contributed by atoms with Gasteiger partial charge >= 0.3 is 0 Å². The van der Waals surface area contributed by atoms with E-state index >= 15 is 0 Å². The maximum absolute atomic E-state index is 5.41. The highest BCUT2D eigenvalue weighted by molar-refractivity contribution is 6.09. The average molecular weight is 629 g/mol. The van der Waals surface area contributed by atoms with E-state index in [1.54, 1.807) is 0 Å². The average Bonchev–Trinajstić information content (AvgIpc) is 3.81. The molecule has 4 heterocycles. The number of aromatic nitrogens is 6. The molecule has 0 saturated carbocycles. The zero-order valence-corrected chi connectivity index (χ0v) is 26.3. The molecule has 0 spiro atoms. The maximum Gasteiger partial charge on any atom is 0.222 e. The van der Waals surface area contributed by atoms with E-state index in [1.807, 2.05) is 42.5 Å². The van der Waals surface area contributed by atoms with Gasteiger partial charge < -0.3 is 0 Å². The molecule has 0 fully saturated rings. The normalized spacial score (nSPS) is 11.7. The highest BCUT2D eigenvalue weighted by atomic mass is 15.2. The lowest BCUT2D eigenvalue weighted by Crippen LogP contribution is -1.99. The zero-order chi connectivity index (χ0) is 32.3. The second kappa shape index (κ2) is 10.9. The first-order valence-corrected chi connectivity index (χ1v) is 16.4. The Morgan fingerprint density at radius 1 is 0.388 bits per heavy atom. The van der Waals surface area contributed by atoms with Crippen molar-refractivity contribution in [3.63, 3.8) is 0 Å². The number of fused-ring (bicyclic) bond motifs is 7. The van der Waals surface area contributed by atoms with Crippen molar-refractivity contribution in [3.8, 4) is 45.3 Å². The second-order valence-electron chi connectivity index (χ2n) is 12.2. The zero-order valence-electron chi connectivity index (χ0n) is 26.3. The highest BCUT2D eigenvalue weighted by Gasteiger charge is 2.23. The van der Waals surface area contributed by atoms with Crippen molar-refractivity contribution in [2.24, 2.45) is 0 Å². The molecule has 0 aliphatic heterocycles. The number of hydrogen-bond acceptors (Lipinski definition) is 3. The fraction of sp³-hybridized carbons (Fsp3) is 0. The van der Waals surface area contributed by atoms with Crippen molar-refractivity contribution < 1.29 is 0 Å². The summed E-state index contributed by atoms with van der Waals surface area (Å²) >= 11 is 0. The van der Waals surface area contributed by atoms with E-state index in [4.69, 9.17) is 15.0 Å². The van der Waals surface area contributed by atoms with Crippen LogP contribution in [0.3, 0.4) is 0 Å². The number of benzene rings is 6. The van der Waals surface area contributed by atoms with Gasteiger partial charge in [0.1, 0.15) is 5.52 Å². The van der Waals surface area contributed by atoms with E-state index in [0.717, 1.165) is 78.3 Å². The van der Waals surface area contributed by atoms with Crippen molar-refractivity contribution >= 4 is 38.9 Å². The maximum atomic E-state index is 5.41. The molecule has 0 bridgehead atoms. The predicted molar refractivity (Wildman–Crippen MR) is 198 cm³/mol.